The molecule has 2 amide bonds. The van der Waals surface area contributed by atoms with Crippen molar-refractivity contribution in [2.75, 3.05) is 24.2 Å². The Balaban J connectivity index is 1.60. The first-order chi connectivity index (χ1) is 22.2. The zero-order chi connectivity index (χ0) is 34.3. The minimum Gasteiger partial charge on any atom is -0.390 e. The summed E-state index contributed by atoms with van der Waals surface area (Å²) in [4.78, 5) is 28.3. The largest absolute Gasteiger partial charge is 0.390 e. The fraction of sp³-hybridized carbons (Fsp3) is 0.333. The molecule has 47 heavy (non-hydrogen) atoms. The maximum Gasteiger partial charge on any atom is 0.251 e. The van der Waals surface area contributed by atoms with Crippen molar-refractivity contribution >= 4 is 38.9 Å². The number of benzene rings is 3. The van der Waals surface area contributed by atoms with Crippen LogP contribution in [0.4, 0.5) is 5.69 Å². The van der Waals surface area contributed by atoms with E-state index in [1.165, 1.54) is 36.6 Å². The SMILES string of the molecule is Cc1ccc([C@@H](C)NC[C@@H](O)[C@H](Cc2ccccc2)NC(=O)c2cc(C(=O)NC(C)c3sccc3C)cc(N(C)S(C)(=O)=O)c2)cc1. The first-order valence-corrected chi connectivity index (χ1v) is 18.2. The maximum atomic E-state index is 13.9. The van der Waals surface area contributed by atoms with Crippen LogP contribution >= 0.6 is 11.3 Å². The van der Waals surface area contributed by atoms with Crippen LogP contribution in [-0.2, 0) is 16.4 Å². The van der Waals surface area contributed by atoms with Gasteiger partial charge < -0.3 is 21.1 Å². The second-order valence-corrected chi connectivity index (χ2v) is 15.0. The van der Waals surface area contributed by atoms with Crippen molar-refractivity contribution in [2.45, 2.75) is 58.3 Å². The third-order valence-electron chi connectivity index (χ3n) is 8.24. The molecule has 0 aliphatic carbocycles. The second kappa shape index (κ2) is 15.7. The maximum absolute atomic E-state index is 13.9. The normalized spacial score (nSPS) is 14.1. The minimum atomic E-state index is -3.70. The number of anilines is 1. The number of hydrogen-bond donors (Lipinski definition) is 4. The fourth-order valence-corrected chi connectivity index (χ4v) is 6.66. The Labute approximate surface area is 282 Å². The van der Waals surface area contributed by atoms with E-state index in [4.69, 9.17) is 0 Å². The molecule has 9 nitrogen and oxygen atoms in total. The van der Waals surface area contributed by atoms with Crippen LogP contribution in [0.3, 0.4) is 0 Å². The monoisotopic (exact) mass is 676 g/mol. The average molecular weight is 677 g/mol. The molecule has 1 unspecified atom stereocenters. The van der Waals surface area contributed by atoms with Crippen LogP contribution in [0.5, 0.6) is 0 Å². The van der Waals surface area contributed by atoms with Gasteiger partial charge >= 0.3 is 0 Å². The van der Waals surface area contributed by atoms with Crippen LogP contribution in [-0.4, -0.2) is 57.3 Å². The Hall–Kier alpha value is -4.03. The van der Waals surface area contributed by atoms with E-state index in [2.05, 4.69) is 16.0 Å². The lowest BCUT2D eigenvalue weighted by atomic mass is 9.99. The third kappa shape index (κ3) is 9.74. The first kappa shape index (κ1) is 35.8. The molecule has 4 aromatic rings. The molecule has 1 aromatic heterocycles. The predicted molar refractivity (Wildman–Crippen MR) is 190 cm³/mol. The summed E-state index contributed by atoms with van der Waals surface area (Å²) in [5, 5.41) is 22.6. The molecule has 1 heterocycles. The zero-order valence-electron chi connectivity index (χ0n) is 27.7. The van der Waals surface area contributed by atoms with Crippen molar-refractivity contribution in [1.29, 1.82) is 0 Å². The zero-order valence-corrected chi connectivity index (χ0v) is 29.3. The number of aliphatic hydroxyl groups is 1. The molecule has 0 fully saturated rings. The molecule has 0 aliphatic rings. The van der Waals surface area contributed by atoms with E-state index in [9.17, 15) is 23.1 Å². The molecule has 0 saturated carbocycles. The van der Waals surface area contributed by atoms with E-state index < -0.39 is 34.0 Å². The molecule has 4 N–H and O–H groups in total. The highest BCUT2D eigenvalue weighted by molar-refractivity contribution is 7.92. The number of carbonyl (C=O) groups excluding carboxylic acids is 2. The highest BCUT2D eigenvalue weighted by Crippen LogP contribution is 2.25. The van der Waals surface area contributed by atoms with Crippen LogP contribution in [0.15, 0.2) is 84.2 Å². The van der Waals surface area contributed by atoms with Crippen molar-refractivity contribution in [3.05, 3.63) is 123 Å². The van der Waals surface area contributed by atoms with Gasteiger partial charge in [0, 0.05) is 35.6 Å². The molecule has 0 saturated heterocycles. The van der Waals surface area contributed by atoms with Crippen LogP contribution in [0.1, 0.15) is 73.8 Å². The summed E-state index contributed by atoms with van der Waals surface area (Å²) in [6.45, 7) is 8.09. The van der Waals surface area contributed by atoms with Gasteiger partial charge in [-0.2, -0.15) is 0 Å². The number of aliphatic hydroxyl groups excluding tert-OH is 1. The number of nitrogens with zero attached hydrogens (tertiary/aromatic N) is 1. The average Bonchev–Trinajstić information content (AvgIpc) is 3.48. The quantitative estimate of drug-likeness (QED) is 0.144. The third-order valence-corrected chi connectivity index (χ3v) is 10.6. The Morgan fingerprint density at radius 2 is 1.49 bits per heavy atom. The smallest absolute Gasteiger partial charge is 0.251 e. The Morgan fingerprint density at radius 3 is 2.06 bits per heavy atom. The number of sulfonamides is 1. The fourth-order valence-electron chi connectivity index (χ4n) is 5.24. The standard InChI is InChI=1S/C36H44N4O5S2/c1-23-12-14-28(15-13-23)25(3)37-22-33(41)32(18-27-10-8-7-9-11-27)39-36(43)30-19-29(20-31(21-30)40(5)47(6,44)45)35(42)38-26(4)34-24(2)16-17-46-34/h7-17,19-21,25-26,32-33,37,41H,18,22H2,1-6H3,(H,38,42)(H,39,43)/t25-,26?,32+,33-/m1/s1. The topological polar surface area (TPSA) is 128 Å². The van der Waals surface area contributed by atoms with Gasteiger partial charge in [0.25, 0.3) is 11.8 Å². The summed E-state index contributed by atoms with van der Waals surface area (Å²) in [5.74, 6) is -0.991. The lowest BCUT2D eigenvalue weighted by molar-refractivity contribution is 0.0825. The number of rotatable bonds is 14. The summed E-state index contributed by atoms with van der Waals surface area (Å²) in [6.07, 6.45) is 0.437. The van der Waals surface area contributed by atoms with E-state index in [1.54, 1.807) is 0 Å². The van der Waals surface area contributed by atoms with Gasteiger partial charge in [-0.25, -0.2) is 8.42 Å². The van der Waals surface area contributed by atoms with Crippen molar-refractivity contribution in [3.63, 3.8) is 0 Å². The van der Waals surface area contributed by atoms with Crippen LogP contribution in [0.2, 0.25) is 0 Å². The van der Waals surface area contributed by atoms with Crippen molar-refractivity contribution in [1.82, 2.24) is 16.0 Å². The molecule has 0 bridgehead atoms. The van der Waals surface area contributed by atoms with E-state index in [1.807, 2.05) is 93.7 Å². The Bertz CT molecular complexity index is 1770. The predicted octanol–water partition coefficient (Wildman–Crippen LogP) is 5.30. The molecular weight excluding hydrogens is 633 g/mol. The highest BCUT2D eigenvalue weighted by atomic mass is 32.2. The molecule has 4 rings (SSSR count). The molecule has 0 spiro atoms. The van der Waals surface area contributed by atoms with E-state index in [0.29, 0.717) is 6.42 Å². The molecule has 250 valence electrons. The Morgan fingerprint density at radius 1 is 0.872 bits per heavy atom. The summed E-state index contributed by atoms with van der Waals surface area (Å²) in [7, 11) is -2.33. The van der Waals surface area contributed by atoms with Gasteiger partial charge in [0.2, 0.25) is 10.0 Å². The number of carbonyl (C=O) groups is 2. The minimum absolute atomic E-state index is 0.0389. The number of hydrogen-bond acceptors (Lipinski definition) is 7. The van der Waals surface area contributed by atoms with Gasteiger partial charge in [-0.15, -0.1) is 11.3 Å². The highest BCUT2D eigenvalue weighted by Gasteiger charge is 2.25. The first-order valence-electron chi connectivity index (χ1n) is 15.5. The van der Waals surface area contributed by atoms with Crippen molar-refractivity contribution < 1.29 is 23.1 Å². The summed E-state index contributed by atoms with van der Waals surface area (Å²) in [6, 6.07) is 23.0. The van der Waals surface area contributed by atoms with Crippen LogP contribution in [0.25, 0.3) is 0 Å². The van der Waals surface area contributed by atoms with Crippen molar-refractivity contribution in [2.24, 2.45) is 0 Å². The van der Waals surface area contributed by atoms with Crippen LogP contribution in [0, 0.1) is 13.8 Å². The van der Waals surface area contributed by atoms with Crippen molar-refractivity contribution in [3.8, 4) is 0 Å². The molecule has 4 atom stereocenters. The lowest BCUT2D eigenvalue weighted by Crippen LogP contribution is -2.49. The van der Waals surface area contributed by atoms with Crippen LogP contribution < -0.4 is 20.3 Å². The van der Waals surface area contributed by atoms with Gasteiger partial charge in [0.1, 0.15) is 0 Å². The van der Waals surface area contributed by atoms with E-state index >= 15 is 0 Å². The number of nitrogens with one attached hydrogen (secondary N) is 3. The van der Waals surface area contributed by atoms with E-state index in [0.717, 1.165) is 37.7 Å². The summed E-state index contributed by atoms with van der Waals surface area (Å²) >= 11 is 1.53. The van der Waals surface area contributed by atoms with Gasteiger partial charge in [0.05, 0.1) is 30.1 Å². The number of thiophene rings is 1. The Kier molecular flexibility index (Phi) is 12.0. The molecule has 11 heteroatoms. The second-order valence-electron chi connectivity index (χ2n) is 12.0. The molecule has 3 aromatic carbocycles. The van der Waals surface area contributed by atoms with Gasteiger partial charge in [0.15, 0.2) is 0 Å². The summed E-state index contributed by atoms with van der Waals surface area (Å²) in [5.41, 5.74) is 4.61. The van der Waals surface area contributed by atoms with Gasteiger partial charge in [-0.1, -0.05) is 60.2 Å². The number of amides is 2. The molecule has 0 aliphatic heterocycles. The summed E-state index contributed by atoms with van der Waals surface area (Å²) < 4.78 is 26.0. The molecule has 0 radical (unpaired) electrons. The van der Waals surface area contributed by atoms with E-state index in [-0.39, 0.29) is 35.4 Å². The number of aryl methyl sites for hydroxylation is 2. The molecular formula is C36H44N4O5S2. The lowest BCUT2D eigenvalue weighted by Gasteiger charge is -2.27. The van der Waals surface area contributed by atoms with Gasteiger partial charge in [-0.3, -0.25) is 13.9 Å². The van der Waals surface area contributed by atoms with Gasteiger partial charge in [-0.05, 0) is 80.5 Å².